The molecule has 1 aliphatic carbocycles. The van der Waals surface area contributed by atoms with Gasteiger partial charge in [0, 0.05) is 31.9 Å². The quantitative estimate of drug-likeness (QED) is 0.825. The van der Waals surface area contributed by atoms with Gasteiger partial charge in [-0.3, -0.25) is 0 Å². The zero-order chi connectivity index (χ0) is 11.5. The lowest BCUT2D eigenvalue weighted by Gasteiger charge is -2.19. The number of nitrogens with zero attached hydrogens (tertiary/aromatic N) is 2. The van der Waals surface area contributed by atoms with E-state index < -0.39 is 0 Å². The van der Waals surface area contributed by atoms with E-state index in [0.29, 0.717) is 17.9 Å². The smallest absolute Gasteiger partial charge is 0.170 e. The fraction of sp³-hybridized carbons (Fsp3) is 0.583. The summed E-state index contributed by atoms with van der Waals surface area (Å²) in [5.41, 5.74) is 0.676. The molecule has 0 bridgehead atoms. The molecule has 16 heavy (non-hydrogen) atoms. The van der Waals surface area contributed by atoms with Gasteiger partial charge in [-0.05, 0) is 31.9 Å². The van der Waals surface area contributed by atoms with Gasteiger partial charge in [0.15, 0.2) is 11.6 Å². The molecule has 0 atom stereocenters. The van der Waals surface area contributed by atoms with Crippen LogP contribution in [-0.2, 0) is 6.54 Å². The highest BCUT2D eigenvalue weighted by molar-refractivity contribution is 5.42. The highest BCUT2D eigenvalue weighted by atomic mass is 19.1. The van der Waals surface area contributed by atoms with Crippen molar-refractivity contribution in [2.75, 3.05) is 25.5 Å². The van der Waals surface area contributed by atoms with Crippen LogP contribution in [-0.4, -0.2) is 25.6 Å². The first-order chi connectivity index (χ1) is 7.72. The van der Waals surface area contributed by atoms with Gasteiger partial charge < -0.3 is 10.2 Å². The molecule has 1 aromatic heterocycles. The summed E-state index contributed by atoms with van der Waals surface area (Å²) in [5.74, 6) is 1.01. The van der Waals surface area contributed by atoms with E-state index in [1.165, 1.54) is 12.8 Å². The van der Waals surface area contributed by atoms with Crippen LogP contribution in [0.15, 0.2) is 12.3 Å². The Bertz CT molecular complexity index is 363. The average molecular weight is 223 g/mol. The molecule has 0 saturated heterocycles. The van der Waals surface area contributed by atoms with Crippen LogP contribution < -0.4 is 10.2 Å². The lowest BCUT2D eigenvalue weighted by molar-refractivity contribution is 0.587. The largest absolute Gasteiger partial charge is 0.357 e. The maximum atomic E-state index is 14.0. The molecule has 1 fully saturated rings. The molecule has 1 heterocycles. The number of pyridine rings is 1. The lowest BCUT2D eigenvalue weighted by atomic mass is 10.2. The number of hydrogen-bond acceptors (Lipinski definition) is 3. The minimum absolute atomic E-state index is 0.194. The zero-order valence-corrected chi connectivity index (χ0v) is 9.83. The van der Waals surface area contributed by atoms with E-state index in [-0.39, 0.29) is 5.82 Å². The summed E-state index contributed by atoms with van der Waals surface area (Å²) in [6.07, 6.45) is 4.21. The number of nitrogens with one attached hydrogen (secondary N) is 1. The molecule has 1 aromatic rings. The Balaban J connectivity index is 2.14. The predicted molar refractivity (Wildman–Crippen MR) is 63.0 cm³/mol. The van der Waals surface area contributed by atoms with Gasteiger partial charge >= 0.3 is 0 Å². The van der Waals surface area contributed by atoms with Gasteiger partial charge in [0.05, 0.1) is 0 Å². The first-order valence-electron chi connectivity index (χ1n) is 5.71. The van der Waals surface area contributed by atoms with Gasteiger partial charge in [0.1, 0.15) is 0 Å². The van der Waals surface area contributed by atoms with Crippen LogP contribution in [0, 0.1) is 11.7 Å². The van der Waals surface area contributed by atoms with E-state index in [1.54, 1.807) is 12.3 Å². The van der Waals surface area contributed by atoms with Crippen LogP contribution in [0.4, 0.5) is 10.2 Å². The molecule has 1 saturated carbocycles. The van der Waals surface area contributed by atoms with Crippen molar-refractivity contribution < 1.29 is 4.39 Å². The second-order valence-corrected chi connectivity index (χ2v) is 4.46. The first-order valence-corrected chi connectivity index (χ1v) is 5.71. The van der Waals surface area contributed by atoms with Crippen molar-refractivity contribution >= 4 is 5.82 Å². The highest BCUT2D eigenvalue weighted by Crippen LogP contribution is 2.31. The van der Waals surface area contributed by atoms with Crippen molar-refractivity contribution in [2.45, 2.75) is 19.4 Å². The molecule has 0 aliphatic heterocycles. The monoisotopic (exact) mass is 223 g/mol. The molecule has 1 N–H and O–H groups in total. The predicted octanol–water partition coefficient (Wildman–Crippen LogP) is 1.79. The minimum Gasteiger partial charge on any atom is -0.357 e. The SMILES string of the molecule is CNCc1ccnc(N(C)CC2CC2)c1F. The summed E-state index contributed by atoms with van der Waals surface area (Å²) < 4.78 is 14.0. The van der Waals surface area contributed by atoms with Crippen molar-refractivity contribution in [3.8, 4) is 0 Å². The normalized spacial score (nSPS) is 15.2. The molecular weight excluding hydrogens is 205 g/mol. The maximum Gasteiger partial charge on any atom is 0.170 e. The number of halogens is 1. The van der Waals surface area contributed by atoms with E-state index in [4.69, 9.17) is 0 Å². The molecule has 0 aromatic carbocycles. The molecular formula is C12H18FN3. The highest BCUT2D eigenvalue weighted by Gasteiger charge is 2.24. The van der Waals surface area contributed by atoms with Gasteiger partial charge in [-0.2, -0.15) is 0 Å². The Hall–Kier alpha value is -1.16. The van der Waals surface area contributed by atoms with Crippen LogP contribution >= 0.6 is 0 Å². The van der Waals surface area contributed by atoms with Gasteiger partial charge in [-0.1, -0.05) is 0 Å². The van der Waals surface area contributed by atoms with Crippen LogP contribution in [0.3, 0.4) is 0 Å². The number of hydrogen-bond donors (Lipinski definition) is 1. The second kappa shape index (κ2) is 4.78. The first kappa shape index (κ1) is 11.3. The van der Waals surface area contributed by atoms with E-state index in [1.807, 2.05) is 19.0 Å². The van der Waals surface area contributed by atoms with Crippen LogP contribution in [0.2, 0.25) is 0 Å². The summed E-state index contributed by atoms with van der Waals surface area (Å²) in [6, 6.07) is 1.72. The average Bonchev–Trinajstić information content (AvgIpc) is 3.05. The van der Waals surface area contributed by atoms with E-state index in [9.17, 15) is 4.39 Å². The third kappa shape index (κ3) is 2.50. The summed E-state index contributed by atoms with van der Waals surface area (Å²) in [5, 5.41) is 2.96. The van der Waals surface area contributed by atoms with Crippen LogP contribution in [0.5, 0.6) is 0 Å². The Morgan fingerprint density at radius 3 is 2.94 bits per heavy atom. The van der Waals surface area contributed by atoms with E-state index in [0.717, 1.165) is 12.5 Å². The fourth-order valence-corrected chi connectivity index (χ4v) is 1.84. The zero-order valence-electron chi connectivity index (χ0n) is 9.83. The molecule has 3 nitrogen and oxygen atoms in total. The third-order valence-corrected chi connectivity index (χ3v) is 2.91. The van der Waals surface area contributed by atoms with Crippen molar-refractivity contribution in [1.82, 2.24) is 10.3 Å². The summed E-state index contributed by atoms with van der Waals surface area (Å²) in [7, 11) is 3.72. The number of anilines is 1. The van der Waals surface area contributed by atoms with E-state index >= 15 is 0 Å². The Morgan fingerprint density at radius 1 is 1.56 bits per heavy atom. The van der Waals surface area contributed by atoms with Gasteiger partial charge in [0.25, 0.3) is 0 Å². The molecule has 88 valence electrons. The lowest BCUT2D eigenvalue weighted by Crippen LogP contribution is -2.23. The van der Waals surface area contributed by atoms with Crippen molar-refractivity contribution in [2.24, 2.45) is 5.92 Å². The van der Waals surface area contributed by atoms with Crippen molar-refractivity contribution in [3.63, 3.8) is 0 Å². The van der Waals surface area contributed by atoms with Crippen molar-refractivity contribution in [3.05, 3.63) is 23.6 Å². The summed E-state index contributed by atoms with van der Waals surface area (Å²) in [4.78, 5) is 6.05. The number of aromatic nitrogens is 1. The van der Waals surface area contributed by atoms with Crippen LogP contribution in [0.1, 0.15) is 18.4 Å². The molecule has 2 rings (SSSR count). The standard InChI is InChI=1S/C12H18FN3/c1-14-7-10-5-6-15-12(11(10)13)16(2)8-9-3-4-9/h5-6,9,14H,3-4,7-8H2,1-2H3. The van der Waals surface area contributed by atoms with Crippen molar-refractivity contribution in [1.29, 1.82) is 0 Å². The molecule has 0 amide bonds. The molecule has 4 heteroatoms. The van der Waals surface area contributed by atoms with Gasteiger partial charge in [-0.15, -0.1) is 0 Å². The maximum absolute atomic E-state index is 14.0. The summed E-state index contributed by atoms with van der Waals surface area (Å²) in [6.45, 7) is 1.45. The molecule has 0 radical (unpaired) electrons. The van der Waals surface area contributed by atoms with E-state index in [2.05, 4.69) is 10.3 Å². The second-order valence-electron chi connectivity index (χ2n) is 4.46. The van der Waals surface area contributed by atoms with Gasteiger partial charge in [-0.25, -0.2) is 9.37 Å². The fourth-order valence-electron chi connectivity index (χ4n) is 1.84. The Kier molecular flexibility index (Phi) is 3.39. The topological polar surface area (TPSA) is 28.2 Å². The molecule has 1 aliphatic rings. The summed E-state index contributed by atoms with van der Waals surface area (Å²) >= 11 is 0. The van der Waals surface area contributed by atoms with Crippen LogP contribution in [0.25, 0.3) is 0 Å². The number of rotatable bonds is 5. The Morgan fingerprint density at radius 2 is 2.31 bits per heavy atom. The Labute approximate surface area is 95.7 Å². The van der Waals surface area contributed by atoms with Gasteiger partial charge in [0.2, 0.25) is 0 Å². The minimum atomic E-state index is -0.194. The molecule has 0 spiro atoms. The third-order valence-electron chi connectivity index (χ3n) is 2.91. The molecule has 0 unspecified atom stereocenters.